The minimum atomic E-state index is -0.352. The molecular weight excluding hydrogens is 242 g/mol. The average molecular weight is 257 g/mol. The van der Waals surface area contributed by atoms with E-state index in [9.17, 15) is 4.79 Å². The molecule has 0 saturated heterocycles. The van der Waals surface area contributed by atoms with E-state index in [0.29, 0.717) is 17.3 Å². The highest BCUT2D eigenvalue weighted by atomic mass is 16.2. The first-order chi connectivity index (χ1) is 9.16. The van der Waals surface area contributed by atoms with E-state index in [1.165, 1.54) is 6.21 Å². The lowest BCUT2D eigenvalue weighted by molar-refractivity contribution is 0.0950. The molecule has 0 atom stereocenters. The van der Waals surface area contributed by atoms with E-state index in [2.05, 4.69) is 25.7 Å². The molecule has 0 aromatic carbocycles. The van der Waals surface area contributed by atoms with Crippen LogP contribution in [0, 0.1) is 0 Å². The van der Waals surface area contributed by atoms with Crippen LogP contribution in [0.4, 0.5) is 0 Å². The van der Waals surface area contributed by atoms with Crippen LogP contribution in [0.5, 0.6) is 0 Å². The number of carbonyl (C=O) groups excluding carboxylic acids is 1. The third-order valence-corrected chi connectivity index (χ3v) is 2.50. The van der Waals surface area contributed by atoms with Gasteiger partial charge in [-0.05, 0) is 24.1 Å². The lowest BCUT2D eigenvalue weighted by atomic mass is 10.1. The summed E-state index contributed by atoms with van der Waals surface area (Å²) >= 11 is 0. The Balaban J connectivity index is 1.96. The average Bonchev–Trinajstić information content (AvgIpc) is 2.89. The highest BCUT2D eigenvalue weighted by Gasteiger charge is 2.10. The quantitative estimate of drug-likeness (QED) is 0.646. The number of carbonyl (C=O) groups is 1. The summed E-state index contributed by atoms with van der Waals surface area (Å²) in [6.07, 6.45) is 3.14. The molecule has 2 N–H and O–H groups in total. The Morgan fingerprint density at radius 2 is 2.32 bits per heavy atom. The Bertz CT molecular complexity index is 574. The van der Waals surface area contributed by atoms with Gasteiger partial charge in [-0.3, -0.25) is 14.9 Å². The van der Waals surface area contributed by atoms with Gasteiger partial charge in [-0.2, -0.15) is 10.2 Å². The molecule has 2 aromatic rings. The van der Waals surface area contributed by atoms with Crippen LogP contribution in [0.15, 0.2) is 35.6 Å². The number of nitrogens with one attached hydrogen (secondary N) is 2. The van der Waals surface area contributed by atoms with Crippen molar-refractivity contribution in [1.82, 2.24) is 20.6 Å². The topological polar surface area (TPSA) is 83.0 Å². The maximum Gasteiger partial charge on any atom is 0.291 e. The van der Waals surface area contributed by atoms with Crippen LogP contribution in [0.3, 0.4) is 0 Å². The van der Waals surface area contributed by atoms with Gasteiger partial charge in [0.25, 0.3) is 5.91 Å². The van der Waals surface area contributed by atoms with E-state index in [4.69, 9.17) is 0 Å². The molecule has 0 aliphatic heterocycles. The fourth-order valence-electron chi connectivity index (χ4n) is 1.42. The number of amides is 1. The summed E-state index contributed by atoms with van der Waals surface area (Å²) in [5, 5.41) is 10.6. The summed E-state index contributed by atoms with van der Waals surface area (Å²) < 4.78 is 0. The Labute approximate surface area is 111 Å². The molecule has 0 saturated carbocycles. The minimum absolute atomic E-state index is 0.297. The SMILES string of the molecule is CC(C)c1cc(C(=O)N/N=C/c2ccccn2)n[nH]1. The van der Waals surface area contributed by atoms with Crippen LogP contribution in [-0.4, -0.2) is 27.3 Å². The van der Waals surface area contributed by atoms with Gasteiger partial charge in [0.15, 0.2) is 5.69 Å². The first-order valence-electron chi connectivity index (χ1n) is 5.96. The van der Waals surface area contributed by atoms with Crippen LogP contribution < -0.4 is 5.43 Å². The van der Waals surface area contributed by atoms with Crippen molar-refractivity contribution in [3.05, 3.63) is 47.5 Å². The maximum atomic E-state index is 11.7. The lowest BCUT2D eigenvalue weighted by Crippen LogP contribution is -2.18. The lowest BCUT2D eigenvalue weighted by Gasteiger charge is -1.96. The number of hydrogen-bond acceptors (Lipinski definition) is 4. The van der Waals surface area contributed by atoms with Crippen molar-refractivity contribution < 1.29 is 4.79 Å². The molecule has 0 spiro atoms. The Morgan fingerprint density at radius 1 is 1.47 bits per heavy atom. The molecule has 2 heterocycles. The number of aromatic amines is 1. The van der Waals surface area contributed by atoms with Crippen molar-refractivity contribution in [3.8, 4) is 0 Å². The molecule has 98 valence electrons. The van der Waals surface area contributed by atoms with Crippen LogP contribution in [-0.2, 0) is 0 Å². The van der Waals surface area contributed by atoms with Crippen LogP contribution in [0.25, 0.3) is 0 Å². The zero-order chi connectivity index (χ0) is 13.7. The fourth-order valence-corrected chi connectivity index (χ4v) is 1.42. The number of pyridine rings is 1. The summed E-state index contributed by atoms with van der Waals surface area (Å²) in [6.45, 7) is 4.04. The van der Waals surface area contributed by atoms with Crippen molar-refractivity contribution in [2.24, 2.45) is 5.10 Å². The predicted molar refractivity (Wildman–Crippen MR) is 72.0 cm³/mol. The van der Waals surface area contributed by atoms with Gasteiger partial charge in [0.1, 0.15) is 0 Å². The van der Waals surface area contributed by atoms with Crippen LogP contribution in [0.1, 0.15) is 41.6 Å². The first kappa shape index (κ1) is 12.9. The summed E-state index contributed by atoms with van der Waals surface area (Å²) in [6, 6.07) is 7.17. The fraction of sp³-hybridized carbons (Fsp3) is 0.231. The van der Waals surface area contributed by atoms with Crippen molar-refractivity contribution in [1.29, 1.82) is 0 Å². The second kappa shape index (κ2) is 5.90. The largest absolute Gasteiger partial charge is 0.291 e. The molecule has 2 rings (SSSR count). The van der Waals surface area contributed by atoms with E-state index in [1.807, 2.05) is 26.0 Å². The van der Waals surface area contributed by atoms with E-state index in [-0.39, 0.29) is 5.91 Å². The zero-order valence-corrected chi connectivity index (χ0v) is 10.8. The van der Waals surface area contributed by atoms with Gasteiger partial charge >= 0.3 is 0 Å². The van der Waals surface area contributed by atoms with E-state index in [0.717, 1.165) is 5.69 Å². The van der Waals surface area contributed by atoms with Crippen LogP contribution >= 0.6 is 0 Å². The second-order valence-electron chi connectivity index (χ2n) is 4.32. The Morgan fingerprint density at radius 3 is 2.95 bits per heavy atom. The number of hydrazone groups is 1. The van der Waals surface area contributed by atoms with Gasteiger partial charge in [0.05, 0.1) is 11.9 Å². The Kier molecular flexibility index (Phi) is 4.02. The van der Waals surface area contributed by atoms with Gasteiger partial charge in [-0.15, -0.1) is 0 Å². The van der Waals surface area contributed by atoms with Gasteiger partial charge in [-0.25, -0.2) is 5.43 Å². The van der Waals surface area contributed by atoms with Crippen molar-refractivity contribution >= 4 is 12.1 Å². The van der Waals surface area contributed by atoms with Gasteiger partial charge in [-0.1, -0.05) is 19.9 Å². The predicted octanol–water partition coefficient (Wildman–Crippen LogP) is 1.69. The maximum absolute atomic E-state index is 11.7. The standard InChI is InChI=1S/C13H15N5O/c1-9(2)11-7-12(17-16-11)13(19)18-15-8-10-5-3-4-6-14-10/h3-9H,1-2H3,(H,16,17)(H,18,19)/b15-8+. The monoisotopic (exact) mass is 257 g/mol. The molecule has 0 aliphatic rings. The normalized spacial score (nSPS) is 11.1. The summed E-state index contributed by atoms with van der Waals surface area (Å²) in [5.41, 5.74) is 4.32. The van der Waals surface area contributed by atoms with Gasteiger partial charge in [0.2, 0.25) is 0 Å². The van der Waals surface area contributed by atoms with Crippen LogP contribution in [0.2, 0.25) is 0 Å². The summed E-state index contributed by atoms with van der Waals surface area (Å²) in [7, 11) is 0. The third kappa shape index (κ3) is 3.48. The van der Waals surface area contributed by atoms with Crippen molar-refractivity contribution in [2.45, 2.75) is 19.8 Å². The number of nitrogens with zero attached hydrogens (tertiary/aromatic N) is 3. The van der Waals surface area contributed by atoms with Crippen molar-refractivity contribution in [2.75, 3.05) is 0 Å². The highest BCUT2D eigenvalue weighted by Crippen LogP contribution is 2.11. The minimum Gasteiger partial charge on any atom is -0.282 e. The summed E-state index contributed by atoms with van der Waals surface area (Å²) in [4.78, 5) is 15.8. The smallest absolute Gasteiger partial charge is 0.282 e. The number of rotatable bonds is 4. The molecule has 6 nitrogen and oxygen atoms in total. The molecular formula is C13H15N5O. The molecule has 19 heavy (non-hydrogen) atoms. The van der Waals surface area contributed by atoms with Crippen molar-refractivity contribution in [3.63, 3.8) is 0 Å². The molecule has 0 unspecified atom stereocenters. The zero-order valence-electron chi connectivity index (χ0n) is 10.8. The number of aromatic nitrogens is 3. The third-order valence-electron chi connectivity index (χ3n) is 2.50. The van der Waals surface area contributed by atoms with E-state index < -0.39 is 0 Å². The highest BCUT2D eigenvalue weighted by molar-refractivity contribution is 5.93. The molecule has 6 heteroatoms. The molecule has 0 bridgehead atoms. The molecule has 0 fully saturated rings. The number of H-pyrrole nitrogens is 1. The van der Waals surface area contributed by atoms with E-state index >= 15 is 0 Å². The van der Waals surface area contributed by atoms with E-state index in [1.54, 1.807) is 18.3 Å². The molecule has 1 amide bonds. The van der Waals surface area contributed by atoms with Gasteiger partial charge < -0.3 is 0 Å². The summed E-state index contributed by atoms with van der Waals surface area (Å²) in [5.74, 6) is -0.0543. The number of hydrogen-bond donors (Lipinski definition) is 2. The Hall–Kier alpha value is -2.50. The second-order valence-corrected chi connectivity index (χ2v) is 4.32. The molecule has 0 radical (unpaired) electrons. The molecule has 0 aliphatic carbocycles. The van der Waals surface area contributed by atoms with Gasteiger partial charge in [0, 0.05) is 11.9 Å². The first-order valence-corrected chi connectivity index (χ1v) is 5.96. The molecule has 2 aromatic heterocycles.